The first-order valence-electron chi connectivity index (χ1n) is 9.37. The maximum Gasteiger partial charge on any atom is 0.318 e. The minimum atomic E-state index is -1.80. The molecule has 0 aromatic rings. The second-order valence-corrected chi connectivity index (χ2v) is 6.77. The fourth-order valence-corrected chi connectivity index (χ4v) is 3.09. The Balaban J connectivity index is 1.64. The lowest BCUT2D eigenvalue weighted by molar-refractivity contribution is -0.304. The van der Waals surface area contributed by atoms with E-state index >= 15 is 0 Å². The number of ether oxygens (including phenoxy) is 3. The average molecular weight is 370 g/mol. The molecule has 4 nitrogen and oxygen atoms in total. The number of rotatable bonds is 8. The van der Waals surface area contributed by atoms with Gasteiger partial charge in [0.05, 0.1) is 13.2 Å². The zero-order chi connectivity index (χ0) is 18.8. The van der Waals surface area contributed by atoms with Crippen molar-refractivity contribution >= 4 is 5.97 Å². The van der Waals surface area contributed by atoms with Gasteiger partial charge in [-0.2, -0.15) is 8.78 Å². The Hall–Kier alpha value is -1.53. The van der Waals surface area contributed by atoms with E-state index in [1.54, 1.807) is 5.57 Å². The Morgan fingerprint density at radius 3 is 2.62 bits per heavy atom. The zero-order valence-electron chi connectivity index (χ0n) is 15.3. The van der Waals surface area contributed by atoms with Crippen molar-refractivity contribution in [1.29, 1.82) is 0 Å². The van der Waals surface area contributed by atoms with Gasteiger partial charge in [-0.3, -0.25) is 4.79 Å². The van der Waals surface area contributed by atoms with Gasteiger partial charge >= 0.3 is 12.4 Å². The number of halogens is 2. The Bertz CT molecular complexity index is 530. The van der Waals surface area contributed by atoms with Gasteiger partial charge in [0.15, 0.2) is 0 Å². The van der Waals surface area contributed by atoms with Gasteiger partial charge in [0.2, 0.25) is 0 Å². The summed E-state index contributed by atoms with van der Waals surface area (Å²) >= 11 is 0. The van der Waals surface area contributed by atoms with Crippen LogP contribution in [-0.4, -0.2) is 25.7 Å². The summed E-state index contributed by atoms with van der Waals surface area (Å²) in [5.41, 5.74) is 1.58. The molecule has 1 aliphatic heterocycles. The van der Waals surface area contributed by atoms with Crippen LogP contribution >= 0.6 is 0 Å². The highest BCUT2D eigenvalue weighted by atomic mass is 19.3. The molecule has 2 rings (SSSR count). The Morgan fingerprint density at radius 2 is 2.00 bits per heavy atom. The third kappa shape index (κ3) is 7.79. The molecule has 6 heteroatoms. The summed E-state index contributed by atoms with van der Waals surface area (Å²) in [7, 11) is 0. The molecule has 146 valence electrons. The first-order valence-corrected chi connectivity index (χ1v) is 9.37. The fraction of sp³-hybridized carbons (Fsp3) is 0.650. The van der Waals surface area contributed by atoms with Crippen molar-refractivity contribution < 1.29 is 27.8 Å². The number of esters is 1. The Labute approximate surface area is 153 Å². The summed E-state index contributed by atoms with van der Waals surface area (Å²) in [6, 6.07) is 0. The quantitative estimate of drug-likeness (QED) is 0.439. The van der Waals surface area contributed by atoms with Crippen LogP contribution < -0.4 is 0 Å². The number of allylic oxidation sites excluding steroid dienone is 4. The number of carbonyl (C=O) groups excluding carboxylic acids is 1. The summed E-state index contributed by atoms with van der Waals surface area (Å²) in [5, 5.41) is 0. The summed E-state index contributed by atoms with van der Waals surface area (Å²) in [6.45, 7) is 2.00. The second-order valence-electron chi connectivity index (χ2n) is 6.77. The topological polar surface area (TPSA) is 44.8 Å². The van der Waals surface area contributed by atoms with Gasteiger partial charge in [-0.15, -0.1) is 0 Å². The van der Waals surface area contributed by atoms with Gasteiger partial charge < -0.3 is 14.2 Å². The van der Waals surface area contributed by atoms with Crippen LogP contribution in [0, 0.1) is 11.8 Å². The zero-order valence-corrected chi connectivity index (χ0v) is 15.3. The van der Waals surface area contributed by atoms with Crippen molar-refractivity contribution in [2.24, 2.45) is 11.8 Å². The molecule has 2 aliphatic rings. The summed E-state index contributed by atoms with van der Waals surface area (Å²) in [6.07, 6.45) is 11.3. The summed E-state index contributed by atoms with van der Waals surface area (Å²) in [5.74, 6) is 0.0861. The van der Waals surface area contributed by atoms with Crippen LogP contribution in [0.1, 0.15) is 51.9 Å². The van der Waals surface area contributed by atoms with Gasteiger partial charge in [0.1, 0.15) is 0 Å². The largest absolute Gasteiger partial charge is 0.410 e. The van der Waals surface area contributed by atoms with Crippen LogP contribution in [0.3, 0.4) is 0 Å². The van der Waals surface area contributed by atoms with Crippen molar-refractivity contribution in [2.75, 3.05) is 13.2 Å². The monoisotopic (exact) mass is 370 g/mol. The van der Waals surface area contributed by atoms with Crippen molar-refractivity contribution in [1.82, 2.24) is 0 Å². The molecule has 26 heavy (non-hydrogen) atoms. The molecule has 1 unspecified atom stereocenters. The molecule has 0 N–H and O–H groups in total. The average Bonchev–Trinajstić information content (AvgIpc) is 2.62. The molecule has 1 atom stereocenters. The van der Waals surface area contributed by atoms with Gasteiger partial charge in [-0.05, 0) is 44.1 Å². The maximum absolute atomic E-state index is 11.9. The molecule has 0 bridgehead atoms. The molecular weight excluding hydrogens is 342 g/mol. The van der Waals surface area contributed by atoms with Crippen LogP contribution in [0.4, 0.5) is 8.78 Å². The van der Waals surface area contributed by atoms with E-state index in [0.29, 0.717) is 25.2 Å². The molecule has 1 aliphatic carbocycles. The highest BCUT2D eigenvalue weighted by molar-refractivity contribution is 5.69. The first kappa shape index (κ1) is 20.8. The van der Waals surface area contributed by atoms with E-state index < -0.39 is 18.5 Å². The predicted octanol–water partition coefficient (Wildman–Crippen LogP) is 5.12. The van der Waals surface area contributed by atoms with Crippen molar-refractivity contribution in [3.63, 3.8) is 0 Å². The number of hydrogen-bond acceptors (Lipinski definition) is 4. The molecule has 1 heterocycles. The van der Waals surface area contributed by atoms with E-state index in [9.17, 15) is 13.6 Å². The Kier molecular flexibility index (Phi) is 8.98. The van der Waals surface area contributed by atoms with Crippen LogP contribution in [0.5, 0.6) is 0 Å². The van der Waals surface area contributed by atoms with Crippen molar-refractivity contribution in [3.05, 3.63) is 36.0 Å². The third-order valence-electron chi connectivity index (χ3n) is 4.54. The molecule has 0 amide bonds. The third-order valence-corrected chi connectivity index (χ3v) is 4.54. The molecule has 1 fully saturated rings. The van der Waals surface area contributed by atoms with Crippen LogP contribution in [0.15, 0.2) is 36.0 Å². The lowest BCUT2D eigenvalue weighted by atomic mass is 9.87. The van der Waals surface area contributed by atoms with Gasteiger partial charge in [0, 0.05) is 12.3 Å². The minimum Gasteiger partial charge on any atom is -0.410 e. The predicted molar refractivity (Wildman–Crippen MR) is 94.3 cm³/mol. The smallest absolute Gasteiger partial charge is 0.318 e. The van der Waals surface area contributed by atoms with Crippen LogP contribution in [0.2, 0.25) is 0 Å². The van der Waals surface area contributed by atoms with E-state index in [0.717, 1.165) is 6.42 Å². The lowest BCUT2D eigenvalue weighted by Gasteiger charge is -2.27. The molecule has 0 aromatic carbocycles. The Morgan fingerprint density at radius 1 is 1.27 bits per heavy atom. The van der Waals surface area contributed by atoms with Gasteiger partial charge in [-0.1, -0.05) is 37.1 Å². The highest BCUT2D eigenvalue weighted by Crippen LogP contribution is 2.27. The molecule has 0 spiro atoms. The molecule has 0 aromatic heterocycles. The first-order chi connectivity index (χ1) is 12.6. The van der Waals surface area contributed by atoms with Gasteiger partial charge in [-0.25, -0.2) is 0 Å². The number of hydrogen-bond donors (Lipinski definition) is 0. The van der Waals surface area contributed by atoms with E-state index in [2.05, 4.69) is 25.2 Å². The second kappa shape index (κ2) is 11.2. The molecule has 1 saturated heterocycles. The standard InChI is InChI=1S/C20H28F2O4/c1-2-4-15-7-9-16(10-8-15)11-12-17-13-24-20(25-14-17)26-19(23)6-3-5-18(21)22/h5,7,11-12,16-17,20H,2-4,6,8-10,13-14H2,1H3. The van der Waals surface area contributed by atoms with E-state index in [4.69, 9.17) is 14.2 Å². The molecule has 0 saturated carbocycles. The van der Waals surface area contributed by atoms with Crippen LogP contribution in [-0.2, 0) is 19.0 Å². The van der Waals surface area contributed by atoms with E-state index in [1.165, 1.54) is 25.7 Å². The number of carbonyl (C=O) groups is 1. The summed E-state index contributed by atoms with van der Waals surface area (Å²) in [4.78, 5) is 11.5. The van der Waals surface area contributed by atoms with Crippen LogP contribution in [0.25, 0.3) is 0 Å². The maximum atomic E-state index is 11.9. The molecule has 0 radical (unpaired) electrons. The fourth-order valence-electron chi connectivity index (χ4n) is 3.09. The highest BCUT2D eigenvalue weighted by Gasteiger charge is 2.24. The minimum absolute atomic E-state index is 0.0605. The van der Waals surface area contributed by atoms with E-state index in [1.807, 2.05) is 0 Å². The lowest BCUT2D eigenvalue weighted by Crippen LogP contribution is -2.34. The van der Waals surface area contributed by atoms with Crippen molar-refractivity contribution in [3.8, 4) is 0 Å². The molecular formula is C20H28F2O4. The SMILES string of the molecule is CCCC1=CCC(C=CC2COC(OC(=O)CCC=C(F)F)OC2)CC1. The van der Waals surface area contributed by atoms with E-state index in [-0.39, 0.29) is 18.8 Å². The normalized spacial score (nSPS) is 26.4. The van der Waals surface area contributed by atoms with Gasteiger partial charge in [0.25, 0.3) is 6.08 Å². The summed E-state index contributed by atoms with van der Waals surface area (Å²) < 4.78 is 39.5. The van der Waals surface area contributed by atoms with Crippen molar-refractivity contribution in [2.45, 2.75) is 58.3 Å².